The van der Waals surface area contributed by atoms with E-state index in [-0.39, 0.29) is 81.4 Å². The number of aliphatic hydroxyl groups is 2. The van der Waals surface area contributed by atoms with E-state index in [9.17, 15) is 19.5 Å². The predicted octanol–water partition coefficient (Wildman–Crippen LogP) is 2.94. The number of carbonyl (C=O) groups excluding carboxylic acids is 3. The van der Waals surface area contributed by atoms with Crippen LogP contribution in [0.4, 0.5) is 0 Å². The fourth-order valence-corrected chi connectivity index (χ4v) is 4.92. The molecule has 294 valence electrons. The van der Waals surface area contributed by atoms with Gasteiger partial charge in [-0.3, -0.25) is 0 Å². The molecule has 0 aromatic rings. The average molecular weight is 733 g/mol. The van der Waals surface area contributed by atoms with Crippen LogP contribution in [0.25, 0.3) is 0 Å². The third-order valence-electron chi connectivity index (χ3n) is 7.80. The smallest absolute Gasteiger partial charge is 0.333 e. The van der Waals surface area contributed by atoms with Crippen LogP contribution in [0.15, 0.2) is 36.5 Å². The van der Waals surface area contributed by atoms with E-state index in [2.05, 4.69) is 26.7 Å². The van der Waals surface area contributed by atoms with Gasteiger partial charge in [-0.15, -0.1) is 0 Å². The molecule has 3 aliphatic heterocycles. The lowest BCUT2D eigenvalue weighted by molar-refractivity contribution is -0.140. The number of rotatable bonds is 24. The first-order valence-electron chi connectivity index (χ1n) is 17.4. The van der Waals surface area contributed by atoms with Gasteiger partial charge in [-0.2, -0.15) is 0 Å². The molecule has 0 aromatic heterocycles. The van der Waals surface area contributed by atoms with E-state index in [1.54, 1.807) is 27.9 Å². The minimum atomic E-state index is -0.646. The summed E-state index contributed by atoms with van der Waals surface area (Å²) < 4.78 is 51.1. The van der Waals surface area contributed by atoms with Gasteiger partial charge in [-0.25, -0.2) is 14.4 Å². The molecule has 0 aromatic carbocycles. The van der Waals surface area contributed by atoms with Crippen LogP contribution in [-0.4, -0.2) is 137 Å². The Morgan fingerprint density at radius 1 is 0.608 bits per heavy atom. The van der Waals surface area contributed by atoms with E-state index in [1.165, 1.54) is 7.11 Å². The maximum atomic E-state index is 11.5. The number of ether oxygens (including phenoxy) is 10. The van der Waals surface area contributed by atoms with Crippen LogP contribution in [0.3, 0.4) is 0 Å². The van der Waals surface area contributed by atoms with Crippen molar-refractivity contribution in [3.8, 4) is 0 Å². The second-order valence-corrected chi connectivity index (χ2v) is 11.8. The molecule has 3 saturated heterocycles. The quantitative estimate of drug-likeness (QED) is 0.0483. The van der Waals surface area contributed by atoms with Gasteiger partial charge in [0.05, 0.1) is 56.9 Å². The lowest BCUT2D eigenvalue weighted by atomic mass is 10.0. The summed E-state index contributed by atoms with van der Waals surface area (Å²) in [7, 11) is 3.07. The van der Waals surface area contributed by atoms with Crippen LogP contribution in [0, 0.1) is 0 Å². The van der Waals surface area contributed by atoms with E-state index in [0.717, 1.165) is 12.8 Å². The van der Waals surface area contributed by atoms with Gasteiger partial charge in [0.1, 0.15) is 38.0 Å². The fraction of sp³-hybridized carbons (Fsp3) is 0.750. The van der Waals surface area contributed by atoms with Crippen LogP contribution in [0.2, 0.25) is 0 Å². The highest BCUT2D eigenvalue weighted by Gasteiger charge is 2.46. The van der Waals surface area contributed by atoms with Gasteiger partial charge in [0.15, 0.2) is 0 Å². The zero-order chi connectivity index (χ0) is 38.5. The molecule has 9 atom stereocenters. The Hall–Kier alpha value is -2.73. The standard InChI is InChI=1S/C13H22O5.C12H20O6.C11H18O4/c1-5-10-12(18-10)11(17-8-15-4)7-9(3)13(14)16-6-2;1-4-16-12(14)8(2)5-9(17-7-15-3)11-10(6-13)18-11;1-4-9-10(15-9)8(12)6-7(3)11(13)14-5-2/h10-12H,3,5-8H2,1-2,4H3;9-11,13H,2,4-7H2,1,3H3;8-10,12H,3-6H2,1-2H3/t10-,11-,12-;9-,10-,11+;8-,9-,10+/m111/s1. The molecule has 3 rings (SSSR count). The fourth-order valence-electron chi connectivity index (χ4n) is 4.92. The minimum absolute atomic E-state index is 0.0244. The topological polar surface area (TPSA) is 194 Å². The van der Waals surface area contributed by atoms with Crippen LogP contribution >= 0.6 is 0 Å². The van der Waals surface area contributed by atoms with Crippen molar-refractivity contribution in [2.45, 2.75) is 122 Å². The van der Waals surface area contributed by atoms with Crippen LogP contribution in [0.1, 0.15) is 66.7 Å². The molecule has 0 radical (unpaired) electrons. The Kier molecular flexibility index (Phi) is 22.9. The Labute approximate surface area is 302 Å². The number of aliphatic hydroxyl groups excluding tert-OH is 2. The van der Waals surface area contributed by atoms with E-state index in [1.807, 2.05) is 6.92 Å². The van der Waals surface area contributed by atoms with Crippen LogP contribution < -0.4 is 0 Å². The van der Waals surface area contributed by atoms with Crippen LogP contribution in [-0.2, 0) is 61.8 Å². The molecule has 3 aliphatic rings. The second-order valence-electron chi connectivity index (χ2n) is 11.8. The molecule has 0 spiro atoms. The molecule has 0 amide bonds. The van der Waals surface area contributed by atoms with Gasteiger partial charge < -0.3 is 57.6 Å². The van der Waals surface area contributed by atoms with Gasteiger partial charge in [0.2, 0.25) is 0 Å². The summed E-state index contributed by atoms with van der Waals surface area (Å²) in [4.78, 5) is 34.1. The molecule has 3 heterocycles. The highest BCUT2D eigenvalue weighted by Crippen LogP contribution is 2.33. The highest BCUT2D eigenvalue weighted by molar-refractivity contribution is 5.88. The first kappa shape index (κ1) is 46.3. The van der Waals surface area contributed by atoms with Crippen molar-refractivity contribution in [1.82, 2.24) is 0 Å². The molecule has 0 aliphatic carbocycles. The van der Waals surface area contributed by atoms with E-state index in [0.29, 0.717) is 49.4 Å². The summed E-state index contributed by atoms with van der Waals surface area (Å²) in [5, 5.41) is 18.6. The third kappa shape index (κ3) is 17.6. The maximum absolute atomic E-state index is 11.5. The normalized spacial score (nSPS) is 24.2. The summed E-state index contributed by atoms with van der Waals surface area (Å²) >= 11 is 0. The summed E-state index contributed by atoms with van der Waals surface area (Å²) in [5.74, 6) is -1.26. The molecular formula is C36H60O15. The molecule has 51 heavy (non-hydrogen) atoms. The molecule has 0 bridgehead atoms. The zero-order valence-electron chi connectivity index (χ0n) is 31.3. The van der Waals surface area contributed by atoms with Crippen molar-refractivity contribution in [1.29, 1.82) is 0 Å². The van der Waals surface area contributed by atoms with Crippen molar-refractivity contribution >= 4 is 17.9 Å². The Balaban J connectivity index is 0.000000384. The van der Waals surface area contributed by atoms with Crippen molar-refractivity contribution in [3.05, 3.63) is 36.5 Å². The van der Waals surface area contributed by atoms with Gasteiger partial charge in [-0.1, -0.05) is 33.6 Å². The molecule has 0 saturated carbocycles. The summed E-state index contributed by atoms with van der Waals surface area (Å²) in [5.41, 5.74) is 1.03. The molecule has 15 heteroatoms. The second kappa shape index (κ2) is 25.3. The first-order chi connectivity index (χ1) is 24.4. The lowest BCUT2D eigenvalue weighted by Crippen LogP contribution is -2.26. The highest BCUT2D eigenvalue weighted by atomic mass is 16.7. The maximum Gasteiger partial charge on any atom is 0.333 e. The number of methoxy groups -OCH3 is 2. The van der Waals surface area contributed by atoms with E-state index in [4.69, 9.17) is 52.5 Å². The van der Waals surface area contributed by atoms with Gasteiger partial charge in [0.25, 0.3) is 0 Å². The largest absolute Gasteiger partial charge is 0.463 e. The predicted molar refractivity (Wildman–Crippen MR) is 184 cm³/mol. The number of hydrogen-bond acceptors (Lipinski definition) is 15. The average Bonchev–Trinajstić information content (AvgIpc) is 4.00. The molecule has 15 nitrogen and oxygen atoms in total. The van der Waals surface area contributed by atoms with Crippen molar-refractivity contribution in [2.75, 3.05) is 54.2 Å². The Bertz CT molecular complexity index is 1040. The number of hydrogen-bond donors (Lipinski definition) is 2. The minimum Gasteiger partial charge on any atom is -0.463 e. The number of esters is 3. The SMILES string of the molecule is C=C(C[C@@H](O)[C@@H]1O[C@@H]1CC)C(=O)OCC.C=C(C[C@@H](OCOC)[C@@H]1O[C@@H]1CC)C(=O)OCC.C=C(C[C@@H](OCOC)[C@@H]1O[C@@H]1CO)C(=O)OCC. The number of carbonyl (C=O) groups is 3. The summed E-state index contributed by atoms with van der Waals surface area (Å²) in [6, 6.07) is 0. The molecule has 3 fully saturated rings. The van der Waals surface area contributed by atoms with Crippen molar-refractivity contribution in [2.24, 2.45) is 0 Å². The van der Waals surface area contributed by atoms with Gasteiger partial charge in [-0.05, 0) is 33.6 Å². The Morgan fingerprint density at radius 3 is 1.27 bits per heavy atom. The zero-order valence-corrected chi connectivity index (χ0v) is 31.3. The number of epoxide rings is 3. The molecule has 0 unspecified atom stereocenters. The van der Waals surface area contributed by atoms with E-state index < -0.39 is 18.0 Å². The summed E-state index contributed by atoms with van der Waals surface area (Å²) in [6.45, 7) is 21.5. The van der Waals surface area contributed by atoms with Crippen molar-refractivity contribution in [3.63, 3.8) is 0 Å². The van der Waals surface area contributed by atoms with Crippen molar-refractivity contribution < 1.29 is 72.0 Å². The molecular weight excluding hydrogens is 672 g/mol. The monoisotopic (exact) mass is 732 g/mol. The summed E-state index contributed by atoms with van der Waals surface area (Å²) in [6.07, 6.45) is 1.30. The third-order valence-corrected chi connectivity index (χ3v) is 7.80. The molecule has 2 N–H and O–H groups in total. The van der Waals surface area contributed by atoms with Gasteiger partial charge in [0, 0.05) is 50.2 Å². The first-order valence-corrected chi connectivity index (χ1v) is 17.4. The Morgan fingerprint density at radius 2 is 0.961 bits per heavy atom. The lowest BCUT2D eigenvalue weighted by Gasteiger charge is -2.16. The van der Waals surface area contributed by atoms with E-state index >= 15 is 0 Å². The van der Waals surface area contributed by atoms with Gasteiger partial charge >= 0.3 is 17.9 Å². The van der Waals surface area contributed by atoms with Crippen LogP contribution in [0.5, 0.6) is 0 Å².